The minimum absolute atomic E-state index is 0.286. The highest BCUT2D eigenvalue weighted by atomic mass is 32.1. The number of aryl methyl sites for hydroxylation is 1. The van der Waals surface area contributed by atoms with Gasteiger partial charge in [-0.2, -0.15) is 0 Å². The Morgan fingerprint density at radius 2 is 2.27 bits per heavy atom. The lowest BCUT2D eigenvalue weighted by Gasteiger charge is -2.03. The van der Waals surface area contributed by atoms with Gasteiger partial charge in [-0.05, 0) is 0 Å². The fourth-order valence-corrected chi connectivity index (χ4v) is 1.82. The first-order valence-electron chi connectivity index (χ1n) is 4.32. The smallest absolute Gasteiger partial charge is 0.303 e. The van der Waals surface area contributed by atoms with Crippen molar-refractivity contribution in [2.24, 2.45) is 7.05 Å². The molecule has 0 aliphatic carbocycles. The molecule has 0 N–H and O–H groups in total. The fraction of sp³-hybridized carbons (Fsp3) is 0.222. The van der Waals surface area contributed by atoms with Gasteiger partial charge in [-0.1, -0.05) is 0 Å². The third-order valence-corrected chi connectivity index (χ3v) is 2.80. The summed E-state index contributed by atoms with van der Waals surface area (Å²) in [6.07, 6.45) is 3.12. The first kappa shape index (κ1) is 9.85. The first-order valence-corrected chi connectivity index (χ1v) is 5.20. The van der Waals surface area contributed by atoms with Gasteiger partial charge in [-0.3, -0.25) is 14.3 Å². The molecular formula is C9H9N3O2S. The van der Waals surface area contributed by atoms with Crippen LogP contribution < -0.4 is 11.2 Å². The summed E-state index contributed by atoms with van der Waals surface area (Å²) in [4.78, 5) is 27.9. The second-order valence-electron chi connectivity index (χ2n) is 3.10. The van der Waals surface area contributed by atoms with Crippen molar-refractivity contribution in [1.29, 1.82) is 0 Å². The third kappa shape index (κ3) is 1.89. The summed E-state index contributed by atoms with van der Waals surface area (Å²) in [5, 5.41) is 0. The molecule has 2 aromatic rings. The lowest BCUT2D eigenvalue weighted by Crippen LogP contribution is -2.37. The van der Waals surface area contributed by atoms with Gasteiger partial charge >= 0.3 is 5.69 Å². The van der Waals surface area contributed by atoms with Crippen molar-refractivity contribution in [2.75, 3.05) is 0 Å². The molecule has 0 saturated heterocycles. The van der Waals surface area contributed by atoms with Gasteiger partial charge in [0.25, 0.3) is 5.56 Å². The average Bonchev–Trinajstić information content (AvgIpc) is 2.71. The molecule has 0 aliphatic heterocycles. The molecule has 15 heavy (non-hydrogen) atoms. The molecule has 0 amide bonds. The lowest BCUT2D eigenvalue weighted by atomic mass is 10.5. The molecule has 0 aliphatic rings. The first-order chi connectivity index (χ1) is 7.18. The van der Waals surface area contributed by atoms with E-state index in [-0.39, 0.29) is 17.8 Å². The Hall–Kier alpha value is -1.69. The van der Waals surface area contributed by atoms with Crippen LogP contribution in [0, 0.1) is 0 Å². The van der Waals surface area contributed by atoms with Gasteiger partial charge in [0, 0.05) is 30.4 Å². The molecule has 0 saturated carbocycles. The van der Waals surface area contributed by atoms with E-state index in [0.29, 0.717) is 0 Å². The quantitative estimate of drug-likeness (QED) is 0.723. The Morgan fingerprint density at radius 3 is 2.93 bits per heavy atom. The van der Waals surface area contributed by atoms with Gasteiger partial charge in [0.2, 0.25) is 0 Å². The van der Waals surface area contributed by atoms with Crippen LogP contribution in [0.3, 0.4) is 0 Å². The number of rotatable bonds is 2. The molecule has 0 unspecified atom stereocenters. The normalized spacial score (nSPS) is 10.5. The van der Waals surface area contributed by atoms with Gasteiger partial charge in [0.05, 0.1) is 12.1 Å². The molecule has 0 spiro atoms. The number of hydrogen-bond acceptors (Lipinski definition) is 4. The molecule has 0 fully saturated rings. The van der Waals surface area contributed by atoms with Crippen LogP contribution in [-0.2, 0) is 13.6 Å². The molecule has 2 rings (SSSR count). The molecule has 0 bridgehead atoms. The summed E-state index contributed by atoms with van der Waals surface area (Å²) in [6, 6.07) is 1.38. The zero-order valence-corrected chi connectivity index (χ0v) is 8.90. The molecule has 0 aromatic carbocycles. The van der Waals surface area contributed by atoms with E-state index in [1.807, 2.05) is 0 Å². The summed E-state index contributed by atoms with van der Waals surface area (Å²) in [7, 11) is 1.62. The molecule has 0 radical (unpaired) electrons. The van der Waals surface area contributed by atoms with E-state index < -0.39 is 0 Å². The minimum atomic E-state index is -0.309. The van der Waals surface area contributed by atoms with Gasteiger partial charge in [0.1, 0.15) is 0 Å². The van der Waals surface area contributed by atoms with Crippen molar-refractivity contribution >= 4 is 11.3 Å². The van der Waals surface area contributed by atoms with Crippen LogP contribution in [0.2, 0.25) is 0 Å². The fourth-order valence-electron chi connectivity index (χ4n) is 1.24. The SMILES string of the molecule is Cn1ccc(=O)n(Cc2cncs2)c1=O. The summed E-state index contributed by atoms with van der Waals surface area (Å²) in [5.74, 6) is 0. The van der Waals surface area contributed by atoms with E-state index >= 15 is 0 Å². The van der Waals surface area contributed by atoms with Gasteiger partial charge < -0.3 is 4.57 Å². The zero-order chi connectivity index (χ0) is 10.8. The average molecular weight is 223 g/mol. The predicted molar refractivity (Wildman–Crippen MR) is 57.2 cm³/mol. The Kier molecular flexibility index (Phi) is 2.51. The van der Waals surface area contributed by atoms with Crippen LogP contribution in [0.1, 0.15) is 4.88 Å². The lowest BCUT2D eigenvalue weighted by molar-refractivity contribution is 0.644. The maximum absolute atomic E-state index is 11.6. The summed E-state index contributed by atoms with van der Waals surface area (Å²) < 4.78 is 2.57. The highest BCUT2D eigenvalue weighted by Gasteiger charge is 2.04. The number of hydrogen-bond donors (Lipinski definition) is 0. The Labute approximate surface area is 89.3 Å². The second-order valence-corrected chi connectivity index (χ2v) is 4.07. The number of thiazole rings is 1. The van der Waals surface area contributed by atoms with Crippen LogP contribution in [0.5, 0.6) is 0 Å². The van der Waals surface area contributed by atoms with Crippen LogP contribution in [0.15, 0.2) is 33.6 Å². The van der Waals surface area contributed by atoms with E-state index in [2.05, 4.69) is 4.98 Å². The number of aromatic nitrogens is 3. The highest BCUT2D eigenvalue weighted by Crippen LogP contribution is 2.04. The Morgan fingerprint density at radius 1 is 1.47 bits per heavy atom. The van der Waals surface area contributed by atoms with Crippen molar-refractivity contribution in [2.45, 2.75) is 6.54 Å². The second kappa shape index (κ2) is 3.82. The standard InChI is InChI=1S/C9H9N3O2S/c1-11-3-2-8(13)12(9(11)14)5-7-4-10-6-15-7/h2-4,6H,5H2,1H3. The third-order valence-electron chi connectivity index (χ3n) is 2.04. The van der Waals surface area contributed by atoms with Crippen molar-refractivity contribution < 1.29 is 0 Å². The topological polar surface area (TPSA) is 56.9 Å². The van der Waals surface area contributed by atoms with Crippen molar-refractivity contribution in [3.63, 3.8) is 0 Å². The maximum atomic E-state index is 11.6. The molecular weight excluding hydrogens is 214 g/mol. The number of nitrogens with zero attached hydrogens (tertiary/aromatic N) is 3. The van der Waals surface area contributed by atoms with Crippen molar-refractivity contribution in [3.05, 3.63) is 49.7 Å². The van der Waals surface area contributed by atoms with Gasteiger partial charge in [0.15, 0.2) is 0 Å². The molecule has 2 heterocycles. The van der Waals surface area contributed by atoms with E-state index in [1.165, 1.54) is 32.7 Å². The van der Waals surface area contributed by atoms with Crippen molar-refractivity contribution in [3.8, 4) is 0 Å². The summed E-state index contributed by atoms with van der Waals surface area (Å²) >= 11 is 1.42. The van der Waals surface area contributed by atoms with Crippen LogP contribution in [0.25, 0.3) is 0 Å². The zero-order valence-electron chi connectivity index (χ0n) is 8.08. The molecule has 78 valence electrons. The van der Waals surface area contributed by atoms with E-state index in [1.54, 1.807) is 18.8 Å². The largest absolute Gasteiger partial charge is 0.331 e. The van der Waals surface area contributed by atoms with Crippen LogP contribution in [-0.4, -0.2) is 14.1 Å². The van der Waals surface area contributed by atoms with E-state index in [9.17, 15) is 9.59 Å². The maximum Gasteiger partial charge on any atom is 0.331 e. The van der Waals surface area contributed by atoms with Crippen LogP contribution in [0.4, 0.5) is 0 Å². The summed E-state index contributed by atoms with van der Waals surface area (Å²) in [5.41, 5.74) is 1.08. The highest BCUT2D eigenvalue weighted by molar-refractivity contribution is 7.09. The van der Waals surface area contributed by atoms with Crippen molar-refractivity contribution in [1.82, 2.24) is 14.1 Å². The Bertz CT molecular complexity index is 568. The van der Waals surface area contributed by atoms with Crippen LogP contribution >= 0.6 is 11.3 Å². The molecule has 5 nitrogen and oxygen atoms in total. The molecule has 6 heteroatoms. The van der Waals surface area contributed by atoms with E-state index in [0.717, 1.165) is 4.88 Å². The monoisotopic (exact) mass is 223 g/mol. The van der Waals surface area contributed by atoms with E-state index in [4.69, 9.17) is 0 Å². The molecule has 0 atom stereocenters. The molecule has 2 aromatic heterocycles. The van der Waals surface area contributed by atoms with Gasteiger partial charge in [-0.15, -0.1) is 11.3 Å². The predicted octanol–water partition coefficient (Wildman–Crippen LogP) is 0.0518. The minimum Gasteiger partial charge on any atom is -0.303 e. The Balaban J connectivity index is 2.49. The summed E-state index contributed by atoms with van der Waals surface area (Å²) in [6.45, 7) is 0.289. The van der Waals surface area contributed by atoms with Gasteiger partial charge in [-0.25, -0.2) is 4.79 Å².